The summed E-state index contributed by atoms with van der Waals surface area (Å²) in [5, 5.41) is 6.13. The zero-order valence-electron chi connectivity index (χ0n) is 16.1. The third-order valence-corrected chi connectivity index (χ3v) is 5.32. The zero-order chi connectivity index (χ0) is 19.9. The van der Waals surface area contributed by atoms with Crippen molar-refractivity contribution in [2.75, 3.05) is 6.61 Å². The van der Waals surface area contributed by atoms with Crippen molar-refractivity contribution < 1.29 is 19.1 Å². The molecule has 3 amide bonds. The van der Waals surface area contributed by atoms with E-state index < -0.39 is 24.5 Å². The van der Waals surface area contributed by atoms with Crippen LogP contribution in [-0.4, -0.2) is 35.5 Å². The van der Waals surface area contributed by atoms with E-state index in [2.05, 4.69) is 22.5 Å². The molecule has 1 saturated carbocycles. The second-order valence-electron chi connectivity index (χ2n) is 7.41. The van der Waals surface area contributed by atoms with Crippen LogP contribution in [-0.2, 0) is 20.7 Å². The Labute approximate surface area is 164 Å². The van der Waals surface area contributed by atoms with Crippen molar-refractivity contribution in [1.29, 1.82) is 0 Å². The Bertz CT molecular complexity index is 845. The summed E-state index contributed by atoms with van der Waals surface area (Å²) in [6.45, 7) is 1.64. The van der Waals surface area contributed by atoms with Gasteiger partial charge in [0.05, 0.1) is 0 Å². The zero-order valence-corrected chi connectivity index (χ0v) is 16.1. The lowest BCUT2D eigenvalue weighted by Crippen LogP contribution is -2.48. The van der Waals surface area contributed by atoms with E-state index in [0.717, 1.165) is 35.7 Å². The average Bonchev–Trinajstić information content (AvgIpc) is 3.10. The quantitative estimate of drug-likeness (QED) is 0.665. The van der Waals surface area contributed by atoms with Crippen LogP contribution in [0.3, 0.4) is 0 Å². The summed E-state index contributed by atoms with van der Waals surface area (Å²) in [5.74, 6) is -0.694. The molecule has 3 N–H and O–H groups in total. The van der Waals surface area contributed by atoms with Crippen LogP contribution in [0.25, 0.3) is 10.9 Å². The highest BCUT2D eigenvalue weighted by molar-refractivity contribution is 5.95. The summed E-state index contributed by atoms with van der Waals surface area (Å²) >= 11 is 0. The van der Waals surface area contributed by atoms with Crippen LogP contribution < -0.4 is 10.6 Å². The first-order valence-corrected chi connectivity index (χ1v) is 9.84. The fourth-order valence-corrected chi connectivity index (χ4v) is 3.69. The topological polar surface area (TPSA) is 100 Å². The molecule has 0 bridgehead atoms. The number of rotatable bonds is 6. The molecular weight excluding hydrogens is 358 g/mol. The van der Waals surface area contributed by atoms with Gasteiger partial charge in [-0.25, -0.2) is 4.79 Å². The SMILES string of the molecule is CC1CCCCC1NC(=O)NC(=O)COC(=O)CCc1c[nH]c2ccccc12. The predicted octanol–water partition coefficient (Wildman–Crippen LogP) is 3.05. The normalized spacial score (nSPS) is 19.2. The van der Waals surface area contributed by atoms with E-state index in [0.29, 0.717) is 12.3 Å². The molecule has 0 radical (unpaired) electrons. The number of carbonyl (C=O) groups is 3. The number of nitrogens with one attached hydrogen (secondary N) is 3. The Morgan fingerprint density at radius 3 is 2.79 bits per heavy atom. The number of imide groups is 1. The Morgan fingerprint density at radius 2 is 1.96 bits per heavy atom. The van der Waals surface area contributed by atoms with Gasteiger partial charge < -0.3 is 15.0 Å². The highest BCUT2D eigenvalue weighted by Crippen LogP contribution is 2.23. The number of fused-ring (bicyclic) bond motifs is 1. The molecule has 7 nitrogen and oxygen atoms in total. The maximum absolute atomic E-state index is 11.9. The molecule has 2 aromatic rings. The van der Waals surface area contributed by atoms with Crippen LogP contribution in [0.1, 0.15) is 44.6 Å². The standard InChI is InChI=1S/C21H27N3O4/c1-14-6-2-4-8-17(14)23-21(27)24-19(25)13-28-20(26)11-10-15-12-22-18-9-5-3-7-16(15)18/h3,5,7,9,12,14,17,22H,2,4,6,8,10-11,13H2,1H3,(H2,23,24,25,27). The number of benzene rings is 1. The monoisotopic (exact) mass is 385 g/mol. The summed E-state index contributed by atoms with van der Waals surface area (Å²) in [4.78, 5) is 38.8. The molecule has 1 fully saturated rings. The molecule has 0 saturated heterocycles. The lowest BCUT2D eigenvalue weighted by Gasteiger charge is -2.29. The number of hydrogen-bond acceptors (Lipinski definition) is 4. The molecule has 2 unspecified atom stereocenters. The van der Waals surface area contributed by atoms with Gasteiger partial charge in [-0.1, -0.05) is 38.0 Å². The van der Waals surface area contributed by atoms with Gasteiger partial charge >= 0.3 is 12.0 Å². The van der Waals surface area contributed by atoms with Crippen LogP contribution in [0, 0.1) is 5.92 Å². The van der Waals surface area contributed by atoms with E-state index in [-0.39, 0.29) is 12.5 Å². The molecule has 0 aliphatic heterocycles. The van der Waals surface area contributed by atoms with Crippen LogP contribution in [0.15, 0.2) is 30.5 Å². The number of aryl methyl sites for hydroxylation is 1. The molecule has 1 aromatic carbocycles. The Hall–Kier alpha value is -2.83. The van der Waals surface area contributed by atoms with Gasteiger partial charge in [-0.2, -0.15) is 0 Å². The summed E-state index contributed by atoms with van der Waals surface area (Å²) < 4.78 is 4.98. The fraction of sp³-hybridized carbons (Fsp3) is 0.476. The van der Waals surface area contributed by atoms with Gasteiger partial charge in [0.1, 0.15) is 0 Å². The van der Waals surface area contributed by atoms with Crippen LogP contribution in [0.2, 0.25) is 0 Å². The molecule has 7 heteroatoms. The lowest BCUT2D eigenvalue weighted by atomic mass is 9.86. The molecule has 0 spiro atoms. The summed E-state index contributed by atoms with van der Waals surface area (Å²) in [5.41, 5.74) is 2.04. The van der Waals surface area contributed by atoms with Gasteiger partial charge in [0, 0.05) is 29.6 Å². The van der Waals surface area contributed by atoms with E-state index in [9.17, 15) is 14.4 Å². The number of carbonyl (C=O) groups excluding carboxylic acids is 3. The van der Waals surface area contributed by atoms with Crippen LogP contribution in [0.5, 0.6) is 0 Å². The molecule has 1 heterocycles. The number of aromatic amines is 1. The first kappa shape index (κ1) is 19.9. The first-order valence-electron chi connectivity index (χ1n) is 9.84. The van der Waals surface area contributed by atoms with Crippen molar-refractivity contribution in [2.45, 2.75) is 51.5 Å². The van der Waals surface area contributed by atoms with E-state index in [1.807, 2.05) is 30.5 Å². The number of amides is 3. The Kier molecular flexibility index (Phi) is 6.68. The van der Waals surface area contributed by atoms with Crippen molar-refractivity contribution in [1.82, 2.24) is 15.6 Å². The van der Waals surface area contributed by atoms with Crippen LogP contribution >= 0.6 is 0 Å². The van der Waals surface area contributed by atoms with Crippen LogP contribution in [0.4, 0.5) is 4.79 Å². The largest absolute Gasteiger partial charge is 0.456 e. The second-order valence-corrected chi connectivity index (χ2v) is 7.41. The smallest absolute Gasteiger partial charge is 0.321 e. The van der Waals surface area contributed by atoms with Gasteiger partial charge in [-0.3, -0.25) is 14.9 Å². The minimum absolute atomic E-state index is 0.0836. The molecule has 150 valence electrons. The van der Waals surface area contributed by atoms with Crippen molar-refractivity contribution in [3.8, 4) is 0 Å². The van der Waals surface area contributed by atoms with Gasteiger partial charge in [-0.05, 0) is 36.8 Å². The maximum atomic E-state index is 11.9. The Balaban J connectivity index is 1.36. The van der Waals surface area contributed by atoms with Crippen molar-refractivity contribution >= 4 is 28.8 Å². The third-order valence-electron chi connectivity index (χ3n) is 5.32. The maximum Gasteiger partial charge on any atom is 0.321 e. The number of para-hydroxylation sites is 1. The molecule has 1 aliphatic rings. The fourth-order valence-electron chi connectivity index (χ4n) is 3.69. The average molecular weight is 385 g/mol. The molecular formula is C21H27N3O4. The van der Waals surface area contributed by atoms with E-state index >= 15 is 0 Å². The second kappa shape index (κ2) is 9.39. The third kappa shape index (κ3) is 5.34. The summed E-state index contributed by atoms with van der Waals surface area (Å²) in [6.07, 6.45) is 6.82. The van der Waals surface area contributed by atoms with Gasteiger partial charge in [0.2, 0.25) is 0 Å². The Morgan fingerprint density at radius 1 is 1.18 bits per heavy atom. The van der Waals surface area contributed by atoms with Crippen molar-refractivity contribution in [2.24, 2.45) is 5.92 Å². The first-order chi connectivity index (χ1) is 13.5. The number of esters is 1. The number of H-pyrrole nitrogens is 1. The van der Waals surface area contributed by atoms with E-state index in [1.54, 1.807) is 0 Å². The van der Waals surface area contributed by atoms with Crippen molar-refractivity contribution in [3.05, 3.63) is 36.0 Å². The predicted molar refractivity (Wildman–Crippen MR) is 106 cm³/mol. The number of ether oxygens (including phenoxy) is 1. The van der Waals surface area contributed by atoms with Gasteiger partial charge in [0.15, 0.2) is 6.61 Å². The number of hydrogen-bond donors (Lipinski definition) is 3. The number of urea groups is 1. The van der Waals surface area contributed by atoms with Crippen molar-refractivity contribution in [3.63, 3.8) is 0 Å². The van der Waals surface area contributed by atoms with E-state index in [1.165, 1.54) is 6.42 Å². The van der Waals surface area contributed by atoms with Gasteiger partial charge in [0.25, 0.3) is 5.91 Å². The molecule has 2 atom stereocenters. The van der Waals surface area contributed by atoms with Gasteiger partial charge in [-0.15, -0.1) is 0 Å². The molecule has 3 rings (SSSR count). The summed E-state index contributed by atoms with van der Waals surface area (Å²) in [6, 6.07) is 7.41. The highest BCUT2D eigenvalue weighted by Gasteiger charge is 2.23. The highest BCUT2D eigenvalue weighted by atomic mass is 16.5. The minimum Gasteiger partial charge on any atom is -0.456 e. The molecule has 28 heavy (non-hydrogen) atoms. The minimum atomic E-state index is -0.624. The van der Waals surface area contributed by atoms with E-state index in [4.69, 9.17) is 4.74 Å². The lowest BCUT2D eigenvalue weighted by molar-refractivity contribution is -0.148. The molecule has 1 aromatic heterocycles. The number of aromatic nitrogens is 1. The molecule has 1 aliphatic carbocycles. The summed E-state index contributed by atoms with van der Waals surface area (Å²) in [7, 11) is 0.